The van der Waals surface area contributed by atoms with Gasteiger partial charge in [0, 0.05) is 22.6 Å². The van der Waals surface area contributed by atoms with Crippen LogP contribution in [0.2, 0.25) is 0 Å². The van der Waals surface area contributed by atoms with Gasteiger partial charge in [0.2, 0.25) is 0 Å². The number of thiophene rings is 1. The molecular weight excluding hydrogens is 346 g/mol. The van der Waals surface area contributed by atoms with Crippen LogP contribution in [0.4, 0.5) is 0 Å². The molecule has 1 aromatic heterocycles. The second kappa shape index (κ2) is 5.63. The molecule has 1 aliphatic heterocycles. The first-order chi connectivity index (χ1) is 9.20. The van der Waals surface area contributed by atoms with E-state index in [1.54, 1.807) is 0 Å². The Morgan fingerprint density at radius 2 is 2.20 bits per heavy atom. The van der Waals surface area contributed by atoms with Crippen LogP contribution in [0.3, 0.4) is 0 Å². The predicted octanol–water partition coefficient (Wildman–Crippen LogP) is 0.983. The summed E-state index contributed by atoms with van der Waals surface area (Å²) in [6.45, 7) is 0.0416. The summed E-state index contributed by atoms with van der Waals surface area (Å²) in [5.41, 5.74) is 0.157. The lowest BCUT2D eigenvalue weighted by Gasteiger charge is -2.09. The number of carbonyl (C=O) groups is 1. The van der Waals surface area contributed by atoms with Gasteiger partial charge in [0.15, 0.2) is 9.84 Å². The average molecular weight is 358 g/mol. The van der Waals surface area contributed by atoms with Crippen molar-refractivity contribution in [1.29, 1.82) is 0 Å². The van der Waals surface area contributed by atoms with E-state index >= 15 is 0 Å². The van der Waals surface area contributed by atoms with E-state index in [0.717, 1.165) is 11.3 Å². The number of hydrogen-bond donors (Lipinski definition) is 1. The molecule has 1 unspecified atom stereocenters. The maximum absolute atomic E-state index is 11.8. The fourth-order valence-electron chi connectivity index (χ4n) is 1.96. The predicted molar refractivity (Wildman–Crippen MR) is 76.5 cm³/mol. The highest BCUT2D eigenvalue weighted by atomic mass is 35.7. The summed E-state index contributed by atoms with van der Waals surface area (Å²) >= 11 is 0.844. The van der Waals surface area contributed by atoms with Gasteiger partial charge in [0.05, 0.1) is 16.6 Å². The van der Waals surface area contributed by atoms with Crippen LogP contribution in [-0.4, -0.2) is 40.3 Å². The molecule has 0 aromatic carbocycles. The van der Waals surface area contributed by atoms with Crippen molar-refractivity contribution in [3.8, 4) is 0 Å². The SMILES string of the molecule is O=C(NCC1CCCS1(=O)=O)c1csc(S(=O)(=O)Cl)c1. The molecule has 10 heteroatoms. The highest BCUT2D eigenvalue weighted by molar-refractivity contribution is 8.15. The van der Waals surface area contributed by atoms with Gasteiger partial charge in [0.1, 0.15) is 4.21 Å². The molecule has 112 valence electrons. The van der Waals surface area contributed by atoms with Crippen LogP contribution >= 0.6 is 22.0 Å². The van der Waals surface area contributed by atoms with E-state index in [1.807, 2.05) is 0 Å². The van der Waals surface area contributed by atoms with E-state index in [0.29, 0.717) is 12.8 Å². The van der Waals surface area contributed by atoms with Crippen LogP contribution in [0, 0.1) is 0 Å². The minimum absolute atomic E-state index is 0.0416. The molecule has 1 atom stereocenters. The van der Waals surface area contributed by atoms with Crippen molar-refractivity contribution in [1.82, 2.24) is 5.32 Å². The Morgan fingerprint density at radius 1 is 1.50 bits per heavy atom. The molecule has 1 fully saturated rings. The average Bonchev–Trinajstić information content (AvgIpc) is 2.91. The highest BCUT2D eigenvalue weighted by Crippen LogP contribution is 2.24. The molecule has 1 amide bonds. The van der Waals surface area contributed by atoms with Gasteiger partial charge in [-0.1, -0.05) is 0 Å². The van der Waals surface area contributed by atoms with Crippen molar-refractivity contribution in [3.05, 3.63) is 17.0 Å². The smallest absolute Gasteiger partial charge is 0.270 e. The fraction of sp³-hybridized carbons (Fsp3) is 0.500. The van der Waals surface area contributed by atoms with Crippen molar-refractivity contribution >= 4 is 46.8 Å². The summed E-state index contributed by atoms with van der Waals surface area (Å²) in [5.74, 6) is -0.351. The van der Waals surface area contributed by atoms with Gasteiger partial charge >= 0.3 is 0 Å². The molecule has 1 aromatic rings. The summed E-state index contributed by atoms with van der Waals surface area (Å²) in [6, 6.07) is 1.17. The first-order valence-electron chi connectivity index (χ1n) is 5.73. The summed E-state index contributed by atoms with van der Waals surface area (Å²) in [5, 5.41) is 3.33. The molecule has 0 spiro atoms. The normalized spacial score (nSPS) is 21.8. The second-order valence-corrected chi connectivity index (χ2v) is 10.5. The Kier molecular flexibility index (Phi) is 4.43. The van der Waals surface area contributed by atoms with Crippen LogP contribution in [0.15, 0.2) is 15.7 Å². The molecule has 2 rings (SSSR count). The number of sulfone groups is 1. The quantitative estimate of drug-likeness (QED) is 0.810. The third kappa shape index (κ3) is 3.51. The van der Waals surface area contributed by atoms with Crippen LogP contribution in [-0.2, 0) is 18.9 Å². The Balaban J connectivity index is 2.01. The Labute approximate surface area is 125 Å². The lowest BCUT2D eigenvalue weighted by atomic mass is 10.2. The zero-order valence-electron chi connectivity index (χ0n) is 10.2. The standard InChI is InChI=1S/C10H12ClNO5S3/c11-20(16,17)9-4-7(6-18-9)10(13)12-5-8-2-1-3-19(8,14)15/h4,6,8H,1-3,5H2,(H,12,13). The van der Waals surface area contributed by atoms with E-state index in [1.165, 1.54) is 11.4 Å². The van der Waals surface area contributed by atoms with Crippen molar-refractivity contribution in [2.75, 3.05) is 12.3 Å². The van der Waals surface area contributed by atoms with Crippen molar-refractivity contribution in [2.45, 2.75) is 22.3 Å². The molecular formula is C10H12ClNO5S3. The number of nitrogens with one attached hydrogen (secondary N) is 1. The summed E-state index contributed by atoms with van der Waals surface area (Å²) in [6.07, 6.45) is 1.14. The lowest BCUT2D eigenvalue weighted by Crippen LogP contribution is -2.34. The molecule has 1 aliphatic rings. The molecule has 0 bridgehead atoms. The van der Waals surface area contributed by atoms with Crippen LogP contribution in [0.5, 0.6) is 0 Å². The number of rotatable bonds is 4. The van der Waals surface area contributed by atoms with E-state index in [2.05, 4.69) is 5.32 Å². The van der Waals surface area contributed by atoms with Gasteiger partial charge in [0.25, 0.3) is 15.0 Å². The summed E-state index contributed by atoms with van der Waals surface area (Å²) in [4.78, 5) is 11.8. The molecule has 0 aliphatic carbocycles. The molecule has 0 saturated carbocycles. The Hall–Kier alpha value is -0.640. The topological polar surface area (TPSA) is 97.4 Å². The highest BCUT2D eigenvalue weighted by Gasteiger charge is 2.31. The molecule has 20 heavy (non-hydrogen) atoms. The molecule has 2 heterocycles. The van der Waals surface area contributed by atoms with Crippen LogP contribution in [0.1, 0.15) is 23.2 Å². The van der Waals surface area contributed by atoms with Crippen molar-refractivity contribution < 1.29 is 21.6 Å². The van der Waals surface area contributed by atoms with Crippen LogP contribution in [0.25, 0.3) is 0 Å². The van der Waals surface area contributed by atoms with E-state index in [-0.39, 0.29) is 22.1 Å². The fourth-order valence-corrected chi connectivity index (χ4v) is 5.67. The van der Waals surface area contributed by atoms with Crippen LogP contribution < -0.4 is 5.32 Å². The van der Waals surface area contributed by atoms with E-state index in [4.69, 9.17) is 10.7 Å². The number of carbonyl (C=O) groups excluding carboxylic acids is 1. The molecule has 0 radical (unpaired) electrons. The van der Waals surface area contributed by atoms with E-state index in [9.17, 15) is 21.6 Å². The van der Waals surface area contributed by atoms with Crippen molar-refractivity contribution in [2.24, 2.45) is 0 Å². The number of hydrogen-bond acceptors (Lipinski definition) is 6. The zero-order valence-corrected chi connectivity index (χ0v) is 13.4. The van der Waals surface area contributed by atoms with E-state index < -0.39 is 30.0 Å². The Morgan fingerprint density at radius 3 is 2.70 bits per heavy atom. The van der Waals surface area contributed by atoms with Gasteiger partial charge in [-0.05, 0) is 18.9 Å². The Bertz CT molecular complexity index is 722. The maximum atomic E-state index is 11.8. The third-order valence-corrected chi connectivity index (χ3v) is 8.35. The zero-order chi connectivity index (χ0) is 15.0. The second-order valence-electron chi connectivity index (χ2n) is 4.43. The molecule has 1 saturated heterocycles. The maximum Gasteiger partial charge on any atom is 0.270 e. The van der Waals surface area contributed by atoms with Gasteiger partial charge in [-0.25, -0.2) is 16.8 Å². The van der Waals surface area contributed by atoms with Gasteiger partial charge in [-0.3, -0.25) is 4.79 Å². The molecule has 6 nitrogen and oxygen atoms in total. The monoisotopic (exact) mass is 357 g/mol. The largest absolute Gasteiger partial charge is 0.351 e. The first kappa shape index (κ1) is 15.7. The molecule has 1 N–H and O–H groups in total. The lowest BCUT2D eigenvalue weighted by molar-refractivity contribution is 0.0954. The first-order valence-corrected chi connectivity index (χ1v) is 10.6. The third-order valence-electron chi connectivity index (χ3n) is 3.03. The summed E-state index contributed by atoms with van der Waals surface area (Å²) < 4.78 is 45.3. The van der Waals surface area contributed by atoms with Gasteiger partial charge < -0.3 is 5.32 Å². The van der Waals surface area contributed by atoms with Gasteiger partial charge in [-0.2, -0.15) is 0 Å². The summed E-state index contributed by atoms with van der Waals surface area (Å²) in [7, 11) is -1.80. The minimum Gasteiger partial charge on any atom is -0.351 e. The van der Waals surface area contributed by atoms with Gasteiger partial charge in [-0.15, -0.1) is 11.3 Å². The number of halogens is 1. The van der Waals surface area contributed by atoms with Crippen molar-refractivity contribution in [3.63, 3.8) is 0 Å². The number of amides is 1. The minimum atomic E-state index is -3.85.